The predicted molar refractivity (Wildman–Crippen MR) is 131 cm³/mol. The van der Waals surface area contributed by atoms with Crippen LogP contribution in [0.3, 0.4) is 0 Å². The van der Waals surface area contributed by atoms with Crippen LogP contribution in [-0.2, 0) is 28.2 Å². The average molecular weight is 472 g/mol. The Kier molecular flexibility index (Phi) is 6.64. The molecule has 7 heteroatoms. The number of nitrogens with zero attached hydrogens (tertiary/aromatic N) is 3. The summed E-state index contributed by atoms with van der Waals surface area (Å²) < 4.78 is 31.8. The topological polar surface area (TPSA) is 85.0 Å². The summed E-state index contributed by atoms with van der Waals surface area (Å²) in [4.78, 5) is 4.53. The molecule has 1 heterocycles. The first-order valence-corrected chi connectivity index (χ1v) is 12.6. The molecule has 0 bridgehead atoms. The third-order valence-corrected chi connectivity index (χ3v) is 6.92. The van der Waals surface area contributed by atoms with Gasteiger partial charge >= 0.3 is 0 Å². The van der Waals surface area contributed by atoms with Crippen molar-refractivity contribution in [2.75, 3.05) is 6.26 Å². The maximum atomic E-state index is 11.7. The number of nitriles is 1. The standard InChI is InChI=1S/C27H25N3O3S/c1-19-6-4-5-7-24(19)25-14-21(10-11-22(25)15-28)27(26-16-29-18-30(26)2)33-17-20-8-12-23(13-9-20)34(3,31)32/h4-14,16,18,27H,17H2,1-3H3. The van der Waals surface area contributed by atoms with Crippen molar-refractivity contribution in [1.29, 1.82) is 5.26 Å². The fraction of sp³-hybridized carbons (Fsp3) is 0.185. The van der Waals surface area contributed by atoms with Crippen LogP contribution in [0.5, 0.6) is 0 Å². The van der Waals surface area contributed by atoms with Crippen molar-refractivity contribution in [1.82, 2.24) is 9.55 Å². The second-order valence-electron chi connectivity index (χ2n) is 8.27. The van der Waals surface area contributed by atoms with Gasteiger partial charge in [0.2, 0.25) is 0 Å². The van der Waals surface area contributed by atoms with Gasteiger partial charge in [-0.2, -0.15) is 5.26 Å². The highest BCUT2D eigenvalue weighted by atomic mass is 32.2. The van der Waals surface area contributed by atoms with Gasteiger partial charge in [0.15, 0.2) is 9.84 Å². The van der Waals surface area contributed by atoms with Gasteiger partial charge in [-0.3, -0.25) is 0 Å². The van der Waals surface area contributed by atoms with Gasteiger partial charge in [0.25, 0.3) is 0 Å². The number of ether oxygens (including phenoxy) is 1. The van der Waals surface area contributed by atoms with Crippen molar-refractivity contribution in [3.63, 3.8) is 0 Å². The number of sulfone groups is 1. The molecule has 0 aliphatic heterocycles. The van der Waals surface area contributed by atoms with Gasteiger partial charge < -0.3 is 9.30 Å². The van der Waals surface area contributed by atoms with Crippen LogP contribution in [0.4, 0.5) is 0 Å². The Morgan fingerprint density at radius 1 is 1.06 bits per heavy atom. The van der Waals surface area contributed by atoms with Gasteiger partial charge in [-0.1, -0.05) is 42.5 Å². The quantitative estimate of drug-likeness (QED) is 0.380. The summed E-state index contributed by atoms with van der Waals surface area (Å²) >= 11 is 0. The van der Waals surface area contributed by atoms with E-state index in [0.717, 1.165) is 33.5 Å². The number of aryl methyl sites for hydroxylation is 2. The lowest BCUT2D eigenvalue weighted by Crippen LogP contribution is -2.11. The summed E-state index contributed by atoms with van der Waals surface area (Å²) in [6.07, 6.45) is 4.24. The molecule has 0 aliphatic rings. The van der Waals surface area contributed by atoms with Gasteiger partial charge in [0.05, 0.1) is 41.4 Å². The van der Waals surface area contributed by atoms with Crippen LogP contribution in [0.25, 0.3) is 11.1 Å². The van der Waals surface area contributed by atoms with E-state index in [-0.39, 0.29) is 11.5 Å². The van der Waals surface area contributed by atoms with Gasteiger partial charge in [-0.25, -0.2) is 13.4 Å². The third kappa shape index (κ3) is 4.93. The molecular weight excluding hydrogens is 446 g/mol. The molecule has 4 rings (SSSR count). The third-order valence-electron chi connectivity index (χ3n) is 5.79. The molecular formula is C27H25N3O3S. The Hall–Kier alpha value is -3.73. The van der Waals surface area contributed by atoms with E-state index in [9.17, 15) is 13.7 Å². The molecule has 172 valence electrons. The Balaban J connectivity index is 1.71. The highest BCUT2D eigenvalue weighted by Gasteiger charge is 2.21. The van der Waals surface area contributed by atoms with Crippen molar-refractivity contribution >= 4 is 9.84 Å². The van der Waals surface area contributed by atoms with Crippen molar-refractivity contribution in [2.24, 2.45) is 7.05 Å². The maximum absolute atomic E-state index is 11.7. The lowest BCUT2D eigenvalue weighted by molar-refractivity contribution is 0.0622. The smallest absolute Gasteiger partial charge is 0.175 e. The first-order valence-electron chi connectivity index (χ1n) is 10.7. The van der Waals surface area contributed by atoms with Crippen LogP contribution < -0.4 is 0 Å². The summed E-state index contributed by atoms with van der Waals surface area (Å²) in [5, 5.41) is 9.72. The minimum Gasteiger partial charge on any atom is -0.363 e. The minimum atomic E-state index is -3.26. The van der Waals surface area contributed by atoms with Crippen molar-refractivity contribution in [2.45, 2.75) is 24.5 Å². The fourth-order valence-electron chi connectivity index (χ4n) is 3.91. The molecule has 0 saturated carbocycles. The minimum absolute atomic E-state index is 0.273. The maximum Gasteiger partial charge on any atom is 0.175 e. The molecule has 6 nitrogen and oxygen atoms in total. The summed E-state index contributed by atoms with van der Waals surface area (Å²) in [7, 11) is -1.35. The number of aromatic nitrogens is 2. The molecule has 1 atom stereocenters. The van der Waals surface area contributed by atoms with Crippen LogP contribution >= 0.6 is 0 Å². The Morgan fingerprint density at radius 3 is 2.41 bits per heavy atom. The zero-order valence-electron chi connectivity index (χ0n) is 19.3. The molecule has 0 fully saturated rings. The monoisotopic (exact) mass is 471 g/mol. The van der Waals surface area contributed by atoms with E-state index in [1.165, 1.54) is 6.26 Å². The lowest BCUT2D eigenvalue weighted by Gasteiger charge is -2.21. The van der Waals surface area contributed by atoms with Crippen LogP contribution in [0.15, 0.2) is 84.1 Å². The normalized spacial score (nSPS) is 12.3. The highest BCUT2D eigenvalue weighted by Crippen LogP contribution is 2.33. The van der Waals surface area contributed by atoms with Gasteiger partial charge in [0.1, 0.15) is 6.10 Å². The molecule has 1 unspecified atom stereocenters. The zero-order chi connectivity index (χ0) is 24.3. The SMILES string of the molecule is Cc1ccccc1-c1cc(C(OCc2ccc(S(C)(=O)=O)cc2)c2cncn2C)ccc1C#N. The van der Waals surface area contributed by atoms with E-state index >= 15 is 0 Å². The first kappa shape index (κ1) is 23.4. The van der Waals surface area contributed by atoms with Crippen molar-refractivity contribution in [3.8, 4) is 17.2 Å². The van der Waals surface area contributed by atoms with E-state index < -0.39 is 15.9 Å². The molecule has 0 saturated heterocycles. The van der Waals surface area contributed by atoms with E-state index in [1.54, 1.807) is 36.8 Å². The molecule has 0 radical (unpaired) electrons. The fourth-order valence-corrected chi connectivity index (χ4v) is 4.54. The number of hydrogen-bond acceptors (Lipinski definition) is 5. The molecule has 34 heavy (non-hydrogen) atoms. The van der Waals surface area contributed by atoms with Crippen molar-refractivity contribution < 1.29 is 13.2 Å². The van der Waals surface area contributed by atoms with Crippen LogP contribution in [-0.4, -0.2) is 24.2 Å². The van der Waals surface area contributed by atoms with E-state index in [2.05, 4.69) is 11.1 Å². The summed E-state index contributed by atoms with van der Waals surface area (Å²) in [5.74, 6) is 0. The Labute approximate surface area is 200 Å². The Bertz CT molecular complexity index is 1470. The second-order valence-corrected chi connectivity index (χ2v) is 10.3. The largest absolute Gasteiger partial charge is 0.363 e. The van der Waals surface area contributed by atoms with Crippen LogP contribution in [0.1, 0.15) is 34.1 Å². The molecule has 0 amide bonds. The number of imidazole rings is 1. The summed E-state index contributed by atoms with van der Waals surface area (Å²) in [6, 6.07) is 22.7. The molecule has 0 spiro atoms. The first-order chi connectivity index (χ1) is 16.3. The lowest BCUT2D eigenvalue weighted by atomic mass is 9.93. The second kappa shape index (κ2) is 9.64. The van der Waals surface area contributed by atoms with E-state index in [0.29, 0.717) is 5.56 Å². The predicted octanol–water partition coefficient (Wildman–Crippen LogP) is 4.98. The number of hydrogen-bond donors (Lipinski definition) is 0. The molecule has 0 aliphatic carbocycles. The number of rotatable bonds is 7. The average Bonchev–Trinajstić information content (AvgIpc) is 3.25. The molecule has 0 N–H and O–H groups in total. The molecule has 3 aromatic carbocycles. The van der Waals surface area contributed by atoms with Crippen LogP contribution in [0.2, 0.25) is 0 Å². The molecule has 4 aromatic rings. The van der Waals surface area contributed by atoms with Gasteiger partial charge in [-0.15, -0.1) is 0 Å². The highest BCUT2D eigenvalue weighted by molar-refractivity contribution is 7.90. The summed E-state index contributed by atoms with van der Waals surface area (Å²) in [6.45, 7) is 2.30. The van der Waals surface area contributed by atoms with Gasteiger partial charge in [0, 0.05) is 18.9 Å². The number of benzene rings is 3. The van der Waals surface area contributed by atoms with Gasteiger partial charge in [-0.05, 0) is 53.4 Å². The van der Waals surface area contributed by atoms with E-state index in [1.807, 2.05) is 61.0 Å². The summed E-state index contributed by atoms with van der Waals surface area (Å²) in [5.41, 5.74) is 6.15. The van der Waals surface area contributed by atoms with E-state index in [4.69, 9.17) is 4.74 Å². The van der Waals surface area contributed by atoms with Crippen LogP contribution in [0, 0.1) is 18.3 Å². The zero-order valence-corrected chi connectivity index (χ0v) is 20.1. The Morgan fingerprint density at radius 2 is 1.79 bits per heavy atom. The molecule has 1 aromatic heterocycles. The van der Waals surface area contributed by atoms with Crippen molar-refractivity contribution in [3.05, 3.63) is 107 Å².